The Labute approximate surface area is 155 Å². The summed E-state index contributed by atoms with van der Waals surface area (Å²) in [6.07, 6.45) is 1.58. The van der Waals surface area contributed by atoms with Gasteiger partial charge in [0.15, 0.2) is 11.5 Å². The zero-order valence-electron chi connectivity index (χ0n) is 14.3. The minimum Gasteiger partial charge on any atom is -0.502 e. The number of nitrogens with zero attached hydrogens (tertiary/aromatic N) is 1. The number of carbonyl (C=O) groups excluding carboxylic acids is 2. The molecule has 0 atom stereocenters. The number of carbonyl (C=O) groups is 2. The number of ether oxygens (including phenoxy) is 2. The summed E-state index contributed by atoms with van der Waals surface area (Å²) in [5.74, 6) is -0.0302. The normalized spacial score (nSPS) is 15.6. The van der Waals surface area contributed by atoms with Gasteiger partial charge in [-0.1, -0.05) is 30.3 Å². The molecule has 1 aliphatic rings. The summed E-state index contributed by atoms with van der Waals surface area (Å²) < 4.78 is 10.2. The molecule has 0 saturated carbocycles. The molecule has 2 aromatic carbocycles. The van der Waals surface area contributed by atoms with E-state index in [-0.39, 0.29) is 34.9 Å². The van der Waals surface area contributed by atoms with Crippen molar-refractivity contribution in [1.82, 2.24) is 4.90 Å². The Morgan fingerprint density at radius 3 is 2.27 bits per heavy atom. The van der Waals surface area contributed by atoms with Gasteiger partial charge in [0, 0.05) is 0 Å². The molecular formula is C19H17NO5S. The lowest BCUT2D eigenvalue weighted by Gasteiger charge is -2.12. The van der Waals surface area contributed by atoms with Crippen LogP contribution in [0.2, 0.25) is 0 Å². The lowest BCUT2D eigenvalue weighted by molar-refractivity contribution is -0.123. The third-order valence-electron chi connectivity index (χ3n) is 3.86. The maximum absolute atomic E-state index is 12.6. The van der Waals surface area contributed by atoms with Crippen molar-refractivity contribution in [2.75, 3.05) is 14.2 Å². The number of phenolic OH excluding ortho intramolecular Hbond substituents is 1. The van der Waals surface area contributed by atoms with Crippen molar-refractivity contribution in [1.29, 1.82) is 0 Å². The SMILES string of the molecule is COc1cc(/C=C2\SC(=O)N(Cc3ccccc3)C2=O)cc(OC)c1O. The molecule has 134 valence electrons. The number of hydrogen-bond acceptors (Lipinski definition) is 6. The molecule has 1 aliphatic heterocycles. The summed E-state index contributed by atoms with van der Waals surface area (Å²) in [5.41, 5.74) is 1.46. The van der Waals surface area contributed by atoms with E-state index in [1.807, 2.05) is 30.3 Å². The number of benzene rings is 2. The fourth-order valence-corrected chi connectivity index (χ4v) is 3.39. The Kier molecular flexibility index (Phi) is 5.18. The third-order valence-corrected chi connectivity index (χ3v) is 4.76. The number of amides is 2. The van der Waals surface area contributed by atoms with E-state index in [0.717, 1.165) is 17.3 Å². The van der Waals surface area contributed by atoms with Crippen molar-refractivity contribution in [2.45, 2.75) is 6.54 Å². The molecule has 0 spiro atoms. The molecule has 1 N–H and O–H groups in total. The van der Waals surface area contributed by atoms with Crippen LogP contribution in [-0.2, 0) is 11.3 Å². The second-order valence-corrected chi connectivity index (χ2v) is 6.52. The highest BCUT2D eigenvalue weighted by molar-refractivity contribution is 8.18. The van der Waals surface area contributed by atoms with Crippen molar-refractivity contribution in [3.8, 4) is 17.2 Å². The minimum atomic E-state index is -0.352. The Morgan fingerprint density at radius 1 is 1.08 bits per heavy atom. The van der Waals surface area contributed by atoms with Gasteiger partial charge in [0.2, 0.25) is 5.75 Å². The van der Waals surface area contributed by atoms with Crippen molar-refractivity contribution in [3.05, 3.63) is 58.5 Å². The molecule has 1 saturated heterocycles. The van der Waals surface area contributed by atoms with Crippen LogP contribution in [-0.4, -0.2) is 35.4 Å². The van der Waals surface area contributed by atoms with Gasteiger partial charge in [-0.2, -0.15) is 0 Å². The molecule has 1 heterocycles. The molecule has 0 bridgehead atoms. The number of thioether (sulfide) groups is 1. The van der Waals surface area contributed by atoms with Gasteiger partial charge >= 0.3 is 0 Å². The average Bonchev–Trinajstić information content (AvgIpc) is 2.91. The summed E-state index contributed by atoms with van der Waals surface area (Å²) in [4.78, 5) is 26.3. The predicted octanol–water partition coefficient (Wildman–Crippen LogP) is 3.65. The van der Waals surface area contributed by atoms with Crippen LogP contribution in [0.5, 0.6) is 17.2 Å². The van der Waals surface area contributed by atoms with Gasteiger partial charge in [0.05, 0.1) is 25.7 Å². The van der Waals surface area contributed by atoms with E-state index in [1.54, 1.807) is 18.2 Å². The van der Waals surface area contributed by atoms with E-state index in [0.29, 0.717) is 10.5 Å². The highest BCUT2D eigenvalue weighted by Crippen LogP contribution is 2.39. The summed E-state index contributed by atoms with van der Waals surface area (Å²) in [5, 5.41) is 9.65. The highest BCUT2D eigenvalue weighted by Gasteiger charge is 2.35. The molecule has 3 rings (SSSR count). The van der Waals surface area contributed by atoms with Gasteiger partial charge in [-0.05, 0) is 41.1 Å². The molecule has 1 fully saturated rings. The van der Waals surface area contributed by atoms with Gasteiger partial charge in [-0.15, -0.1) is 0 Å². The van der Waals surface area contributed by atoms with Gasteiger partial charge in [0.1, 0.15) is 0 Å². The molecule has 2 aromatic rings. The van der Waals surface area contributed by atoms with Crippen LogP contribution in [0.1, 0.15) is 11.1 Å². The van der Waals surface area contributed by atoms with Crippen molar-refractivity contribution >= 4 is 29.0 Å². The zero-order chi connectivity index (χ0) is 18.7. The average molecular weight is 371 g/mol. The highest BCUT2D eigenvalue weighted by atomic mass is 32.2. The second kappa shape index (κ2) is 7.53. The maximum atomic E-state index is 12.6. The monoisotopic (exact) mass is 371 g/mol. The van der Waals surface area contributed by atoms with Crippen molar-refractivity contribution < 1.29 is 24.2 Å². The summed E-state index contributed by atoms with van der Waals surface area (Å²) in [6.45, 7) is 0.227. The second-order valence-electron chi connectivity index (χ2n) is 5.53. The van der Waals surface area contributed by atoms with E-state index in [4.69, 9.17) is 9.47 Å². The van der Waals surface area contributed by atoms with Crippen LogP contribution in [0.15, 0.2) is 47.4 Å². The predicted molar refractivity (Wildman–Crippen MR) is 99.2 cm³/mol. The van der Waals surface area contributed by atoms with Gasteiger partial charge in [0.25, 0.3) is 11.1 Å². The van der Waals surface area contributed by atoms with E-state index >= 15 is 0 Å². The van der Waals surface area contributed by atoms with Gasteiger partial charge in [-0.25, -0.2) is 0 Å². The smallest absolute Gasteiger partial charge is 0.293 e. The first-order valence-electron chi connectivity index (χ1n) is 7.77. The molecule has 2 amide bonds. The first-order chi connectivity index (χ1) is 12.5. The minimum absolute atomic E-state index is 0.121. The Balaban J connectivity index is 1.88. The molecule has 0 radical (unpaired) electrons. The molecule has 0 unspecified atom stereocenters. The number of phenols is 1. The van der Waals surface area contributed by atoms with Crippen LogP contribution < -0.4 is 9.47 Å². The molecule has 26 heavy (non-hydrogen) atoms. The van der Waals surface area contributed by atoms with Crippen LogP contribution in [0.3, 0.4) is 0 Å². The first-order valence-corrected chi connectivity index (χ1v) is 8.59. The Morgan fingerprint density at radius 2 is 1.69 bits per heavy atom. The zero-order valence-corrected chi connectivity index (χ0v) is 15.1. The van der Waals surface area contributed by atoms with Crippen LogP contribution >= 0.6 is 11.8 Å². The fourth-order valence-electron chi connectivity index (χ4n) is 2.55. The fraction of sp³-hybridized carbons (Fsp3) is 0.158. The lowest BCUT2D eigenvalue weighted by atomic mass is 10.1. The molecular weight excluding hydrogens is 354 g/mol. The standard InChI is InChI=1S/C19H17NO5S/c1-24-14-8-13(9-15(25-2)17(14)21)10-16-18(22)20(19(23)26-16)11-12-6-4-3-5-7-12/h3-10,21H,11H2,1-2H3/b16-10-. The Hall–Kier alpha value is -2.93. The lowest BCUT2D eigenvalue weighted by Crippen LogP contribution is -2.27. The largest absolute Gasteiger partial charge is 0.502 e. The molecule has 0 aliphatic carbocycles. The van der Waals surface area contributed by atoms with E-state index in [2.05, 4.69) is 0 Å². The van der Waals surface area contributed by atoms with Crippen LogP contribution in [0.4, 0.5) is 4.79 Å². The van der Waals surface area contributed by atoms with Gasteiger partial charge < -0.3 is 14.6 Å². The summed E-state index contributed by atoms with van der Waals surface area (Å²) in [7, 11) is 2.85. The molecule has 6 nitrogen and oxygen atoms in total. The summed E-state index contributed by atoms with van der Waals surface area (Å²) >= 11 is 0.881. The Bertz CT molecular complexity index is 854. The van der Waals surface area contributed by atoms with E-state index in [1.165, 1.54) is 19.1 Å². The van der Waals surface area contributed by atoms with Crippen molar-refractivity contribution in [2.24, 2.45) is 0 Å². The number of hydrogen-bond donors (Lipinski definition) is 1. The number of methoxy groups -OCH3 is 2. The first kappa shape index (κ1) is 17.9. The third kappa shape index (κ3) is 3.52. The quantitative estimate of drug-likeness (QED) is 0.809. The summed E-state index contributed by atoms with van der Waals surface area (Å²) in [6, 6.07) is 12.5. The van der Waals surface area contributed by atoms with Crippen LogP contribution in [0, 0.1) is 0 Å². The van der Waals surface area contributed by atoms with E-state index in [9.17, 15) is 14.7 Å². The van der Waals surface area contributed by atoms with E-state index < -0.39 is 0 Å². The topological polar surface area (TPSA) is 76.1 Å². The molecule has 7 heteroatoms. The van der Waals surface area contributed by atoms with Crippen molar-refractivity contribution in [3.63, 3.8) is 0 Å². The molecule has 0 aromatic heterocycles. The number of rotatable bonds is 5. The number of aromatic hydroxyl groups is 1. The van der Waals surface area contributed by atoms with Crippen LogP contribution in [0.25, 0.3) is 6.08 Å². The number of imide groups is 1. The maximum Gasteiger partial charge on any atom is 0.293 e. The van der Waals surface area contributed by atoms with Gasteiger partial charge in [-0.3, -0.25) is 14.5 Å².